The van der Waals surface area contributed by atoms with Crippen LogP contribution in [0.3, 0.4) is 0 Å². The lowest BCUT2D eigenvalue weighted by Gasteiger charge is -2.11. The maximum absolute atomic E-state index is 13.1. The van der Waals surface area contributed by atoms with Crippen molar-refractivity contribution >= 4 is 45.9 Å². The van der Waals surface area contributed by atoms with E-state index < -0.39 is 0 Å². The average molecular weight is 482 g/mol. The van der Waals surface area contributed by atoms with E-state index >= 15 is 0 Å². The number of nitrogens with one attached hydrogen (secondary N) is 2. The van der Waals surface area contributed by atoms with E-state index in [1.54, 1.807) is 25.4 Å². The molecule has 0 aliphatic carbocycles. The maximum Gasteiger partial charge on any atom is 0.191 e. The van der Waals surface area contributed by atoms with Crippen LogP contribution in [-0.2, 0) is 13.0 Å². The Kier molecular flexibility index (Phi) is 8.47. The third kappa shape index (κ3) is 5.96. The van der Waals surface area contributed by atoms with Crippen LogP contribution in [0.4, 0.5) is 4.39 Å². The number of nitrogens with zero attached hydrogens (tertiary/aromatic N) is 1. The van der Waals surface area contributed by atoms with Gasteiger partial charge in [0.2, 0.25) is 0 Å². The highest BCUT2D eigenvalue weighted by Crippen LogP contribution is 2.16. The first kappa shape index (κ1) is 19.0. The minimum Gasteiger partial charge on any atom is -0.467 e. The zero-order valence-electron chi connectivity index (χ0n) is 12.1. The summed E-state index contributed by atoms with van der Waals surface area (Å²) >= 11 is 3.19. The molecule has 0 fully saturated rings. The van der Waals surface area contributed by atoms with Crippen LogP contribution < -0.4 is 10.6 Å². The summed E-state index contributed by atoms with van der Waals surface area (Å²) in [5, 5.41) is 6.36. The van der Waals surface area contributed by atoms with Crippen LogP contribution in [0.15, 0.2) is 50.5 Å². The van der Waals surface area contributed by atoms with Crippen molar-refractivity contribution in [3.05, 3.63) is 58.2 Å². The molecule has 0 aliphatic heterocycles. The quantitative estimate of drug-likeness (QED) is 0.389. The molecular formula is C15H18BrFIN3O. The van der Waals surface area contributed by atoms with Crippen molar-refractivity contribution in [1.29, 1.82) is 0 Å². The monoisotopic (exact) mass is 481 g/mol. The van der Waals surface area contributed by atoms with Gasteiger partial charge in [-0.25, -0.2) is 4.39 Å². The lowest BCUT2D eigenvalue weighted by atomic mass is 10.1. The van der Waals surface area contributed by atoms with Gasteiger partial charge in [-0.3, -0.25) is 4.99 Å². The molecule has 1 heterocycles. The Hall–Kier alpha value is -1.09. The molecule has 0 amide bonds. The molecule has 0 bridgehead atoms. The van der Waals surface area contributed by atoms with E-state index in [9.17, 15) is 4.39 Å². The van der Waals surface area contributed by atoms with Crippen LogP contribution in [0.5, 0.6) is 0 Å². The number of hydrogen-bond donors (Lipinski definition) is 2. The summed E-state index contributed by atoms with van der Waals surface area (Å²) in [6, 6.07) is 8.77. The van der Waals surface area contributed by atoms with Gasteiger partial charge in [0.1, 0.15) is 11.6 Å². The van der Waals surface area contributed by atoms with Crippen molar-refractivity contribution in [2.75, 3.05) is 13.6 Å². The van der Waals surface area contributed by atoms with E-state index in [1.165, 1.54) is 6.07 Å². The van der Waals surface area contributed by atoms with Gasteiger partial charge in [0.05, 0.1) is 17.3 Å². The van der Waals surface area contributed by atoms with E-state index in [4.69, 9.17) is 4.42 Å². The van der Waals surface area contributed by atoms with E-state index in [1.807, 2.05) is 12.1 Å². The Bertz CT molecular complexity index is 605. The van der Waals surface area contributed by atoms with E-state index in [0.717, 1.165) is 17.7 Å². The predicted molar refractivity (Wildman–Crippen MR) is 100 cm³/mol. The second-order valence-electron chi connectivity index (χ2n) is 4.43. The maximum atomic E-state index is 13.1. The molecule has 22 heavy (non-hydrogen) atoms. The number of guanidine groups is 1. The van der Waals surface area contributed by atoms with Gasteiger partial charge in [-0.05, 0) is 52.2 Å². The topological polar surface area (TPSA) is 49.6 Å². The summed E-state index contributed by atoms with van der Waals surface area (Å²) in [5.41, 5.74) is 1.05. The van der Waals surface area contributed by atoms with E-state index in [-0.39, 0.29) is 29.8 Å². The fourth-order valence-corrected chi connectivity index (χ4v) is 2.25. The highest BCUT2D eigenvalue weighted by atomic mass is 127. The second kappa shape index (κ2) is 9.83. The first-order valence-electron chi connectivity index (χ1n) is 6.60. The molecule has 0 saturated heterocycles. The first-order valence-corrected chi connectivity index (χ1v) is 7.39. The lowest BCUT2D eigenvalue weighted by Crippen LogP contribution is -2.37. The molecule has 2 aromatic rings. The summed E-state index contributed by atoms with van der Waals surface area (Å²) in [6.45, 7) is 1.28. The van der Waals surface area contributed by atoms with Crippen LogP contribution in [-0.4, -0.2) is 19.6 Å². The molecule has 0 radical (unpaired) electrons. The smallest absolute Gasteiger partial charge is 0.191 e. The summed E-state index contributed by atoms with van der Waals surface area (Å²) in [7, 11) is 1.71. The van der Waals surface area contributed by atoms with Crippen LogP contribution in [0.25, 0.3) is 0 Å². The van der Waals surface area contributed by atoms with Crippen molar-refractivity contribution < 1.29 is 8.81 Å². The molecule has 7 heteroatoms. The average Bonchev–Trinajstić information content (AvgIpc) is 2.99. The Balaban J connectivity index is 0.00000242. The minimum absolute atomic E-state index is 0. The van der Waals surface area contributed by atoms with E-state index in [2.05, 4.69) is 31.6 Å². The molecule has 0 spiro atoms. The van der Waals surface area contributed by atoms with E-state index in [0.29, 0.717) is 23.5 Å². The summed E-state index contributed by atoms with van der Waals surface area (Å²) in [4.78, 5) is 4.13. The van der Waals surface area contributed by atoms with Gasteiger partial charge in [-0.2, -0.15) is 0 Å². The number of hydrogen-bond acceptors (Lipinski definition) is 2. The number of rotatable bonds is 5. The van der Waals surface area contributed by atoms with Gasteiger partial charge in [0.15, 0.2) is 5.96 Å². The zero-order chi connectivity index (χ0) is 15.1. The van der Waals surface area contributed by atoms with Gasteiger partial charge in [0, 0.05) is 13.6 Å². The number of benzene rings is 1. The third-order valence-corrected chi connectivity index (χ3v) is 3.53. The SMILES string of the molecule is CN=C(NCCc1ccc(F)c(Br)c1)NCc1ccco1.I. The zero-order valence-corrected chi connectivity index (χ0v) is 16.0. The predicted octanol–water partition coefficient (Wildman–Crippen LogP) is 3.71. The third-order valence-electron chi connectivity index (χ3n) is 2.92. The molecule has 0 aliphatic rings. The molecule has 2 N–H and O–H groups in total. The molecule has 1 aromatic heterocycles. The molecule has 0 atom stereocenters. The summed E-state index contributed by atoms with van der Waals surface area (Å²) < 4.78 is 18.9. The molecule has 1 aromatic carbocycles. The Morgan fingerprint density at radius 1 is 1.32 bits per heavy atom. The lowest BCUT2D eigenvalue weighted by molar-refractivity contribution is 0.501. The second-order valence-corrected chi connectivity index (χ2v) is 5.28. The fraction of sp³-hybridized carbons (Fsp3) is 0.267. The minimum atomic E-state index is -0.248. The standard InChI is InChI=1S/C15H17BrFN3O.HI/c1-18-15(20-10-12-3-2-8-21-12)19-7-6-11-4-5-14(17)13(16)9-11;/h2-5,8-9H,6-7,10H2,1H3,(H2,18,19,20);1H. The molecule has 0 unspecified atom stereocenters. The number of aliphatic imine (C=N–C) groups is 1. The van der Waals surface area contributed by atoms with Gasteiger partial charge in [-0.1, -0.05) is 6.07 Å². The molecule has 4 nitrogen and oxygen atoms in total. The summed E-state index contributed by atoms with van der Waals surface area (Å²) in [5.74, 6) is 1.30. The van der Waals surface area contributed by atoms with Crippen LogP contribution in [0, 0.1) is 5.82 Å². The van der Waals surface area contributed by atoms with Crippen molar-refractivity contribution in [2.24, 2.45) is 4.99 Å². The number of halogens is 3. The molecule has 2 rings (SSSR count). The van der Waals surface area contributed by atoms with Gasteiger partial charge in [0.25, 0.3) is 0 Å². The van der Waals surface area contributed by atoms with Crippen LogP contribution in [0.2, 0.25) is 0 Å². The fourth-order valence-electron chi connectivity index (χ4n) is 1.82. The van der Waals surface area contributed by atoms with Crippen molar-refractivity contribution in [1.82, 2.24) is 10.6 Å². The Morgan fingerprint density at radius 3 is 2.77 bits per heavy atom. The normalized spacial score (nSPS) is 11.0. The highest BCUT2D eigenvalue weighted by molar-refractivity contribution is 14.0. The highest BCUT2D eigenvalue weighted by Gasteiger charge is 2.02. The van der Waals surface area contributed by atoms with Gasteiger partial charge in [-0.15, -0.1) is 24.0 Å². The first-order chi connectivity index (χ1) is 10.2. The largest absolute Gasteiger partial charge is 0.467 e. The Morgan fingerprint density at radius 2 is 2.14 bits per heavy atom. The van der Waals surface area contributed by atoms with Crippen LogP contribution >= 0.6 is 39.9 Å². The van der Waals surface area contributed by atoms with Gasteiger partial charge < -0.3 is 15.1 Å². The van der Waals surface area contributed by atoms with Gasteiger partial charge >= 0.3 is 0 Å². The molecular weight excluding hydrogens is 464 g/mol. The van der Waals surface area contributed by atoms with Crippen molar-refractivity contribution in [3.8, 4) is 0 Å². The molecule has 120 valence electrons. The number of furan rings is 1. The van der Waals surface area contributed by atoms with Crippen molar-refractivity contribution in [3.63, 3.8) is 0 Å². The summed E-state index contributed by atoms with van der Waals surface area (Å²) in [6.07, 6.45) is 2.42. The molecule has 0 saturated carbocycles. The van der Waals surface area contributed by atoms with Crippen LogP contribution in [0.1, 0.15) is 11.3 Å². The Labute approximate surface area is 154 Å². The van der Waals surface area contributed by atoms with Crippen molar-refractivity contribution in [2.45, 2.75) is 13.0 Å².